The van der Waals surface area contributed by atoms with Crippen LogP contribution >= 0.6 is 0 Å². The molecule has 11 heavy (non-hydrogen) atoms. The van der Waals surface area contributed by atoms with Crippen LogP contribution in [0.3, 0.4) is 0 Å². The predicted molar refractivity (Wildman–Crippen MR) is 47.3 cm³/mol. The third-order valence-corrected chi connectivity index (χ3v) is 1.74. The first-order chi connectivity index (χ1) is 5.24. The summed E-state index contributed by atoms with van der Waals surface area (Å²) in [6, 6.07) is 0. The number of rotatable bonds is 1. The summed E-state index contributed by atoms with van der Waals surface area (Å²) in [4.78, 5) is 0. The molecule has 1 aliphatic rings. The van der Waals surface area contributed by atoms with Crippen LogP contribution in [0.4, 0.5) is 0 Å². The Bertz CT molecular complexity index is 221. The van der Waals surface area contributed by atoms with E-state index in [-0.39, 0.29) is 6.10 Å². The minimum Gasteiger partial charge on any atom is -0.384 e. The molecule has 1 heteroatoms. The molecule has 0 fully saturated rings. The van der Waals surface area contributed by atoms with Gasteiger partial charge in [-0.25, -0.2) is 0 Å². The van der Waals surface area contributed by atoms with Gasteiger partial charge in [-0.2, -0.15) is 0 Å². The van der Waals surface area contributed by atoms with E-state index < -0.39 is 0 Å². The van der Waals surface area contributed by atoms with Crippen LogP contribution in [-0.4, -0.2) is 11.2 Å². The standard InChI is InChI=1S/C10H14O/c1-3-4-9-6-5-8(2)7-10(9)11/h4-7,10-11H,3H2,1-2H3. The molecule has 1 aliphatic carbocycles. The molecule has 0 aromatic heterocycles. The lowest BCUT2D eigenvalue weighted by molar-refractivity contribution is 0.261. The lowest BCUT2D eigenvalue weighted by atomic mass is 10.00. The summed E-state index contributed by atoms with van der Waals surface area (Å²) in [6.45, 7) is 4.06. The van der Waals surface area contributed by atoms with Crippen molar-refractivity contribution in [3.05, 3.63) is 35.5 Å². The zero-order chi connectivity index (χ0) is 8.27. The molecule has 0 spiro atoms. The van der Waals surface area contributed by atoms with Crippen molar-refractivity contribution in [2.24, 2.45) is 0 Å². The SMILES string of the molecule is CCC=C1C=CC(C)=CC1O. The van der Waals surface area contributed by atoms with Crippen LogP contribution in [-0.2, 0) is 0 Å². The summed E-state index contributed by atoms with van der Waals surface area (Å²) in [5, 5.41) is 9.47. The minimum atomic E-state index is -0.389. The Kier molecular flexibility index (Phi) is 2.66. The van der Waals surface area contributed by atoms with Gasteiger partial charge < -0.3 is 5.11 Å². The van der Waals surface area contributed by atoms with Gasteiger partial charge in [0.1, 0.15) is 0 Å². The predicted octanol–water partition coefficient (Wildman–Crippen LogP) is 2.20. The maximum atomic E-state index is 9.47. The summed E-state index contributed by atoms with van der Waals surface area (Å²) < 4.78 is 0. The quantitative estimate of drug-likeness (QED) is 0.607. The molecule has 0 radical (unpaired) electrons. The third-order valence-electron chi connectivity index (χ3n) is 1.74. The van der Waals surface area contributed by atoms with E-state index in [4.69, 9.17) is 0 Å². The Balaban J connectivity index is 2.77. The molecule has 0 aromatic carbocycles. The van der Waals surface area contributed by atoms with E-state index in [1.165, 1.54) is 0 Å². The Morgan fingerprint density at radius 2 is 2.27 bits per heavy atom. The smallest absolute Gasteiger partial charge is 0.0974 e. The summed E-state index contributed by atoms with van der Waals surface area (Å²) in [7, 11) is 0. The van der Waals surface area contributed by atoms with Crippen molar-refractivity contribution in [1.82, 2.24) is 0 Å². The second-order valence-corrected chi connectivity index (χ2v) is 2.80. The molecule has 60 valence electrons. The monoisotopic (exact) mass is 150 g/mol. The zero-order valence-electron chi connectivity index (χ0n) is 7.04. The van der Waals surface area contributed by atoms with Gasteiger partial charge in [0.15, 0.2) is 0 Å². The van der Waals surface area contributed by atoms with Crippen molar-refractivity contribution in [2.45, 2.75) is 26.4 Å². The van der Waals surface area contributed by atoms with Crippen molar-refractivity contribution in [3.8, 4) is 0 Å². The normalized spacial score (nSPS) is 27.4. The van der Waals surface area contributed by atoms with Gasteiger partial charge in [0.05, 0.1) is 6.10 Å². The van der Waals surface area contributed by atoms with E-state index in [0.29, 0.717) is 0 Å². The van der Waals surface area contributed by atoms with Crippen molar-refractivity contribution >= 4 is 0 Å². The van der Waals surface area contributed by atoms with E-state index >= 15 is 0 Å². The van der Waals surface area contributed by atoms with Crippen LogP contribution in [0.1, 0.15) is 20.3 Å². The van der Waals surface area contributed by atoms with Crippen molar-refractivity contribution < 1.29 is 5.11 Å². The fourth-order valence-electron chi connectivity index (χ4n) is 1.15. The Morgan fingerprint density at radius 1 is 1.55 bits per heavy atom. The first-order valence-electron chi connectivity index (χ1n) is 3.98. The largest absolute Gasteiger partial charge is 0.384 e. The molecule has 0 saturated heterocycles. The lowest BCUT2D eigenvalue weighted by Crippen LogP contribution is -2.08. The van der Waals surface area contributed by atoms with Crippen LogP contribution in [0, 0.1) is 0 Å². The average molecular weight is 150 g/mol. The Hall–Kier alpha value is -0.820. The molecule has 1 N–H and O–H groups in total. The molecule has 1 atom stereocenters. The summed E-state index contributed by atoms with van der Waals surface area (Å²) in [6.07, 6.45) is 8.49. The molecule has 1 rings (SSSR count). The Morgan fingerprint density at radius 3 is 2.82 bits per heavy atom. The molecule has 0 aliphatic heterocycles. The molecular weight excluding hydrogens is 136 g/mol. The van der Waals surface area contributed by atoms with Gasteiger partial charge in [-0.15, -0.1) is 0 Å². The summed E-state index contributed by atoms with van der Waals surface area (Å²) in [5.74, 6) is 0. The number of aliphatic hydroxyl groups is 1. The van der Waals surface area contributed by atoms with E-state index in [2.05, 4.69) is 6.92 Å². The van der Waals surface area contributed by atoms with Crippen molar-refractivity contribution in [1.29, 1.82) is 0 Å². The van der Waals surface area contributed by atoms with Crippen LogP contribution < -0.4 is 0 Å². The van der Waals surface area contributed by atoms with Gasteiger partial charge in [0.25, 0.3) is 0 Å². The second kappa shape index (κ2) is 3.54. The van der Waals surface area contributed by atoms with Crippen LogP contribution in [0.15, 0.2) is 35.5 Å². The van der Waals surface area contributed by atoms with Gasteiger partial charge in [-0.3, -0.25) is 0 Å². The van der Waals surface area contributed by atoms with Gasteiger partial charge >= 0.3 is 0 Å². The maximum Gasteiger partial charge on any atom is 0.0974 e. The van der Waals surface area contributed by atoms with Gasteiger partial charge in [0.2, 0.25) is 0 Å². The molecule has 0 amide bonds. The first-order valence-corrected chi connectivity index (χ1v) is 3.98. The molecule has 0 saturated carbocycles. The molecule has 0 heterocycles. The van der Waals surface area contributed by atoms with Crippen molar-refractivity contribution in [2.75, 3.05) is 0 Å². The first kappa shape index (κ1) is 8.28. The molecule has 0 aromatic rings. The fraction of sp³-hybridized carbons (Fsp3) is 0.400. The molecule has 1 nitrogen and oxygen atoms in total. The van der Waals surface area contributed by atoms with Crippen LogP contribution in [0.5, 0.6) is 0 Å². The Labute approximate surface area is 67.7 Å². The number of hydrogen-bond donors (Lipinski definition) is 1. The molecule has 0 bridgehead atoms. The number of allylic oxidation sites excluding steroid dienone is 3. The van der Waals surface area contributed by atoms with E-state index in [0.717, 1.165) is 17.6 Å². The summed E-state index contributed by atoms with van der Waals surface area (Å²) in [5.41, 5.74) is 2.14. The fourth-order valence-corrected chi connectivity index (χ4v) is 1.15. The highest BCUT2D eigenvalue weighted by molar-refractivity contribution is 5.38. The second-order valence-electron chi connectivity index (χ2n) is 2.80. The highest BCUT2D eigenvalue weighted by atomic mass is 16.3. The summed E-state index contributed by atoms with van der Waals surface area (Å²) >= 11 is 0. The maximum absolute atomic E-state index is 9.47. The van der Waals surface area contributed by atoms with Crippen molar-refractivity contribution in [3.63, 3.8) is 0 Å². The van der Waals surface area contributed by atoms with Gasteiger partial charge in [-0.05, 0) is 25.0 Å². The van der Waals surface area contributed by atoms with Gasteiger partial charge in [0, 0.05) is 0 Å². The molecule has 1 unspecified atom stereocenters. The number of hydrogen-bond acceptors (Lipinski definition) is 1. The van der Waals surface area contributed by atoms with Crippen LogP contribution in [0.25, 0.3) is 0 Å². The van der Waals surface area contributed by atoms with Gasteiger partial charge in [-0.1, -0.05) is 30.7 Å². The molecular formula is C10H14O. The highest BCUT2D eigenvalue weighted by Crippen LogP contribution is 2.15. The van der Waals surface area contributed by atoms with E-state index in [1.54, 1.807) is 0 Å². The average Bonchev–Trinajstić information content (AvgIpc) is 1.95. The number of aliphatic hydroxyl groups excluding tert-OH is 1. The van der Waals surface area contributed by atoms with E-state index in [9.17, 15) is 5.11 Å². The topological polar surface area (TPSA) is 20.2 Å². The minimum absolute atomic E-state index is 0.389. The van der Waals surface area contributed by atoms with E-state index in [1.807, 2.05) is 31.2 Å². The van der Waals surface area contributed by atoms with Crippen LogP contribution in [0.2, 0.25) is 0 Å². The lowest BCUT2D eigenvalue weighted by Gasteiger charge is -2.12. The third kappa shape index (κ3) is 2.05. The highest BCUT2D eigenvalue weighted by Gasteiger charge is 2.07. The zero-order valence-corrected chi connectivity index (χ0v) is 7.04.